The highest BCUT2D eigenvalue weighted by Gasteiger charge is 2.18. The summed E-state index contributed by atoms with van der Waals surface area (Å²) in [5, 5.41) is 12.3. The molecule has 1 aliphatic heterocycles. The second-order valence-electron chi connectivity index (χ2n) is 6.95. The average molecular weight is 397 g/mol. The summed E-state index contributed by atoms with van der Waals surface area (Å²) in [5.74, 6) is 0.462. The van der Waals surface area contributed by atoms with Gasteiger partial charge in [0.2, 0.25) is 5.65 Å². The summed E-state index contributed by atoms with van der Waals surface area (Å²) in [6.07, 6.45) is 6.41. The van der Waals surface area contributed by atoms with Crippen LogP contribution in [0.5, 0.6) is 5.88 Å². The summed E-state index contributed by atoms with van der Waals surface area (Å²) < 4.78 is 7.42. The molecule has 0 unspecified atom stereocenters. The summed E-state index contributed by atoms with van der Waals surface area (Å²) in [6, 6.07) is 19.5. The van der Waals surface area contributed by atoms with Crippen LogP contribution >= 0.6 is 0 Å². The van der Waals surface area contributed by atoms with E-state index >= 15 is 0 Å². The van der Waals surface area contributed by atoms with Crippen molar-refractivity contribution < 1.29 is 4.74 Å². The molecule has 2 aromatic heterocycles. The van der Waals surface area contributed by atoms with Crippen molar-refractivity contribution in [2.24, 2.45) is 0 Å². The minimum Gasteiger partial charge on any atom is -0.478 e. The molecule has 1 N–H and O–H groups in total. The zero-order valence-corrected chi connectivity index (χ0v) is 16.9. The van der Waals surface area contributed by atoms with Gasteiger partial charge in [0.1, 0.15) is 0 Å². The van der Waals surface area contributed by atoms with Crippen LogP contribution in [-0.2, 0) is 0 Å². The maximum Gasteiger partial charge on any atom is 0.258 e. The van der Waals surface area contributed by atoms with Gasteiger partial charge < -0.3 is 10.1 Å². The van der Waals surface area contributed by atoms with E-state index in [1.54, 1.807) is 25.4 Å². The molecule has 1 fully saturated rings. The molecule has 6 heteroatoms. The lowest BCUT2D eigenvalue weighted by Crippen LogP contribution is -2.03. The van der Waals surface area contributed by atoms with Crippen LogP contribution in [0.3, 0.4) is 0 Å². The number of fused-ring (bicyclic) bond motifs is 1. The van der Waals surface area contributed by atoms with E-state index in [1.807, 2.05) is 53.1 Å². The van der Waals surface area contributed by atoms with E-state index < -0.39 is 0 Å². The number of benzene rings is 2. The number of nitrogens with zero attached hydrogens (tertiary/aromatic N) is 4. The van der Waals surface area contributed by atoms with E-state index in [4.69, 9.17) is 15.0 Å². The Bertz CT molecular complexity index is 1150. The average Bonchev–Trinajstić information content (AvgIpc) is 3.54. The topological polar surface area (TPSA) is 75.2 Å². The third-order valence-corrected chi connectivity index (χ3v) is 5.00. The Balaban J connectivity index is 0.000000383. The smallest absolute Gasteiger partial charge is 0.258 e. The number of aromatic nitrogens is 3. The highest BCUT2D eigenvalue weighted by Crippen LogP contribution is 2.34. The summed E-state index contributed by atoms with van der Waals surface area (Å²) >= 11 is 0. The molecule has 0 radical (unpaired) electrons. The third-order valence-electron chi connectivity index (χ3n) is 5.00. The van der Waals surface area contributed by atoms with Gasteiger partial charge in [-0.25, -0.2) is 9.97 Å². The van der Waals surface area contributed by atoms with E-state index in [-0.39, 0.29) is 0 Å². The number of methoxy groups -OCH3 is 1. The maximum absolute atomic E-state index is 9.03. The van der Waals surface area contributed by atoms with Gasteiger partial charge >= 0.3 is 0 Å². The van der Waals surface area contributed by atoms with E-state index in [2.05, 4.69) is 16.4 Å². The largest absolute Gasteiger partial charge is 0.478 e. The first-order valence-corrected chi connectivity index (χ1v) is 9.99. The van der Waals surface area contributed by atoms with Crippen molar-refractivity contribution in [1.29, 1.82) is 5.26 Å². The number of hydrogen-bond acceptors (Lipinski definition) is 5. The molecule has 1 saturated heterocycles. The normalized spacial score (nSPS) is 12.8. The lowest BCUT2D eigenvalue weighted by molar-refractivity contribution is 0.401. The van der Waals surface area contributed by atoms with Crippen molar-refractivity contribution in [2.45, 2.75) is 12.8 Å². The number of nitriles is 1. The zero-order valence-electron chi connectivity index (χ0n) is 16.9. The van der Waals surface area contributed by atoms with Crippen LogP contribution in [0.25, 0.3) is 28.2 Å². The molecule has 0 atom stereocenters. The van der Waals surface area contributed by atoms with Gasteiger partial charge in [-0.15, -0.1) is 0 Å². The summed E-state index contributed by atoms with van der Waals surface area (Å²) in [4.78, 5) is 9.08. The van der Waals surface area contributed by atoms with Crippen LogP contribution in [0.4, 0.5) is 0 Å². The molecule has 3 heterocycles. The maximum atomic E-state index is 9.03. The van der Waals surface area contributed by atoms with Gasteiger partial charge in [-0.3, -0.25) is 4.40 Å². The zero-order chi connectivity index (χ0) is 20.8. The van der Waals surface area contributed by atoms with E-state index in [0.717, 1.165) is 22.5 Å². The number of rotatable bonds is 3. The van der Waals surface area contributed by atoms with Crippen LogP contribution in [0.2, 0.25) is 0 Å². The van der Waals surface area contributed by atoms with Crippen molar-refractivity contribution in [2.75, 3.05) is 20.2 Å². The highest BCUT2D eigenvalue weighted by molar-refractivity contribution is 5.81. The summed E-state index contributed by atoms with van der Waals surface area (Å²) in [6.45, 7) is 2.50. The van der Waals surface area contributed by atoms with Crippen LogP contribution in [0.1, 0.15) is 18.4 Å². The lowest BCUT2D eigenvalue weighted by atomic mass is 10.0. The molecular formula is C24H23N5O. The monoisotopic (exact) mass is 397 g/mol. The van der Waals surface area contributed by atoms with Gasteiger partial charge in [0, 0.05) is 23.5 Å². The van der Waals surface area contributed by atoms with Crippen molar-refractivity contribution >= 4 is 5.65 Å². The first-order chi connectivity index (χ1) is 14.8. The van der Waals surface area contributed by atoms with Gasteiger partial charge in [-0.2, -0.15) is 5.26 Å². The molecule has 5 rings (SSSR count). The molecule has 0 amide bonds. The minimum atomic E-state index is 0.462. The third kappa shape index (κ3) is 4.02. The molecule has 150 valence electrons. The molecule has 1 aliphatic rings. The fraction of sp³-hybridized carbons (Fsp3) is 0.208. The van der Waals surface area contributed by atoms with Gasteiger partial charge in [-0.05, 0) is 38.1 Å². The van der Waals surface area contributed by atoms with E-state index in [9.17, 15) is 0 Å². The lowest BCUT2D eigenvalue weighted by Gasteiger charge is -2.14. The molecular weight excluding hydrogens is 374 g/mol. The Hall–Kier alpha value is -3.69. The Morgan fingerprint density at radius 1 is 1.00 bits per heavy atom. The van der Waals surface area contributed by atoms with Crippen molar-refractivity contribution in [3.8, 4) is 34.5 Å². The van der Waals surface area contributed by atoms with Gasteiger partial charge in [0.05, 0.1) is 30.1 Å². The van der Waals surface area contributed by atoms with E-state index in [0.29, 0.717) is 17.1 Å². The predicted molar refractivity (Wildman–Crippen MR) is 117 cm³/mol. The number of nitrogens with one attached hydrogen (secondary N) is 1. The van der Waals surface area contributed by atoms with Crippen molar-refractivity contribution in [3.63, 3.8) is 0 Å². The molecule has 0 saturated carbocycles. The number of imidazole rings is 1. The first-order valence-electron chi connectivity index (χ1n) is 9.99. The minimum absolute atomic E-state index is 0.462. The Morgan fingerprint density at radius 3 is 2.33 bits per heavy atom. The number of hydrogen-bond donors (Lipinski definition) is 1. The molecule has 0 bridgehead atoms. The fourth-order valence-corrected chi connectivity index (χ4v) is 3.50. The standard InChI is InChI=1S/C20H14N4O.C4H9N/c1-25-20-19-22-11-12-24(19)18(16-5-3-2-4-6-16)17(23-20)15-9-7-14(13-21)8-10-15;1-2-4-5-3-1/h2-12H,1H3;5H,1-4H2. The van der Waals surface area contributed by atoms with Crippen molar-refractivity contribution in [3.05, 3.63) is 72.6 Å². The first kappa shape index (κ1) is 19.6. The second kappa shape index (κ2) is 9.21. The highest BCUT2D eigenvalue weighted by atomic mass is 16.5. The molecule has 6 nitrogen and oxygen atoms in total. The fourth-order valence-electron chi connectivity index (χ4n) is 3.50. The van der Waals surface area contributed by atoms with Crippen LogP contribution in [0.15, 0.2) is 67.0 Å². The molecule has 2 aromatic carbocycles. The van der Waals surface area contributed by atoms with E-state index in [1.165, 1.54) is 25.9 Å². The Kier molecular flexibility index (Phi) is 6.02. The molecule has 0 aliphatic carbocycles. The summed E-state index contributed by atoms with van der Waals surface area (Å²) in [7, 11) is 1.59. The Morgan fingerprint density at radius 2 is 1.73 bits per heavy atom. The molecule has 0 spiro atoms. The predicted octanol–water partition coefficient (Wildman–Crippen LogP) is 4.31. The van der Waals surface area contributed by atoms with Gasteiger partial charge in [0.25, 0.3) is 5.88 Å². The van der Waals surface area contributed by atoms with Crippen LogP contribution < -0.4 is 10.1 Å². The number of ether oxygens (including phenoxy) is 1. The van der Waals surface area contributed by atoms with Gasteiger partial charge in [-0.1, -0.05) is 42.5 Å². The molecule has 4 aromatic rings. The molecule has 30 heavy (non-hydrogen) atoms. The quantitative estimate of drug-likeness (QED) is 0.557. The van der Waals surface area contributed by atoms with Crippen molar-refractivity contribution in [1.82, 2.24) is 19.7 Å². The second-order valence-corrected chi connectivity index (χ2v) is 6.95. The van der Waals surface area contributed by atoms with Crippen LogP contribution in [-0.4, -0.2) is 34.6 Å². The van der Waals surface area contributed by atoms with Crippen LogP contribution in [0, 0.1) is 11.3 Å². The van der Waals surface area contributed by atoms with Gasteiger partial charge in [0.15, 0.2) is 0 Å². The Labute approximate surface area is 175 Å². The summed E-state index contributed by atoms with van der Waals surface area (Å²) in [5.41, 5.74) is 4.92. The SMILES string of the molecule is C1CCNC1.COc1nc(-c2ccc(C#N)cc2)c(-c2ccccc2)n2ccnc12.